The van der Waals surface area contributed by atoms with Crippen LogP contribution in [0, 0.1) is 5.82 Å². The molecule has 0 heterocycles. The Morgan fingerprint density at radius 1 is 1.42 bits per heavy atom. The molecule has 2 amide bonds. The van der Waals surface area contributed by atoms with Gasteiger partial charge < -0.3 is 10.2 Å². The monoisotopic (exact) mass is 264 g/mol. The van der Waals surface area contributed by atoms with Gasteiger partial charge in [-0.15, -0.1) is 0 Å². The van der Waals surface area contributed by atoms with Gasteiger partial charge >= 0.3 is 6.03 Å². The highest BCUT2D eigenvalue weighted by Gasteiger charge is 2.47. The molecular weight excluding hydrogens is 243 g/mol. The molecule has 0 spiro atoms. The minimum Gasteiger partial charge on any atom is -0.328 e. The minimum absolute atomic E-state index is 0.116. The van der Waals surface area contributed by atoms with Gasteiger partial charge in [-0.3, -0.25) is 0 Å². The lowest BCUT2D eigenvalue weighted by atomic mass is 10.0. The van der Waals surface area contributed by atoms with Crippen LogP contribution in [-0.4, -0.2) is 24.5 Å². The maximum absolute atomic E-state index is 13.8. The van der Waals surface area contributed by atoms with Gasteiger partial charge in [-0.25, -0.2) is 9.18 Å². The summed E-state index contributed by atoms with van der Waals surface area (Å²) in [5.74, 6) is -0.239. The van der Waals surface area contributed by atoms with Gasteiger partial charge in [0.15, 0.2) is 0 Å². The number of urea groups is 1. The van der Waals surface area contributed by atoms with Gasteiger partial charge in [0, 0.05) is 19.2 Å². The van der Waals surface area contributed by atoms with E-state index in [0.717, 1.165) is 32.2 Å². The number of nitrogens with zero attached hydrogens (tertiary/aromatic N) is 1. The number of hydrogen-bond acceptors (Lipinski definition) is 1. The van der Waals surface area contributed by atoms with Crippen LogP contribution in [0.2, 0.25) is 0 Å². The van der Waals surface area contributed by atoms with Crippen LogP contribution in [-0.2, 0) is 5.54 Å². The molecule has 1 fully saturated rings. The maximum Gasteiger partial charge on any atom is 0.317 e. The summed E-state index contributed by atoms with van der Waals surface area (Å²) in [4.78, 5) is 13.8. The molecule has 4 heteroatoms. The molecule has 104 valence electrons. The first-order chi connectivity index (χ1) is 9.09. The van der Waals surface area contributed by atoms with Crippen LogP contribution >= 0.6 is 0 Å². The quantitative estimate of drug-likeness (QED) is 0.870. The van der Waals surface area contributed by atoms with Crippen LogP contribution in [0.15, 0.2) is 24.3 Å². The van der Waals surface area contributed by atoms with Gasteiger partial charge in [0.25, 0.3) is 0 Å². The molecule has 0 saturated heterocycles. The van der Waals surface area contributed by atoms with Crippen molar-refractivity contribution in [1.82, 2.24) is 10.2 Å². The molecule has 1 N–H and O–H groups in total. The van der Waals surface area contributed by atoms with Crippen molar-refractivity contribution in [2.45, 2.75) is 38.1 Å². The highest BCUT2D eigenvalue weighted by Crippen LogP contribution is 2.46. The smallest absolute Gasteiger partial charge is 0.317 e. The fourth-order valence-electron chi connectivity index (χ4n) is 2.23. The second-order valence-corrected chi connectivity index (χ2v) is 5.27. The van der Waals surface area contributed by atoms with Crippen LogP contribution in [0.1, 0.15) is 38.2 Å². The minimum atomic E-state index is -0.483. The lowest BCUT2D eigenvalue weighted by Crippen LogP contribution is -2.43. The van der Waals surface area contributed by atoms with Gasteiger partial charge in [0.1, 0.15) is 5.82 Å². The molecule has 0 unspecified atom stereocenters. The predicted molar refractivity (Wildman–Crippen MR) is 73.4 cm³/mol. The van der Waals surface area contributed by atoms with Crippen LogP contribution < -0.4 is 5.32 Å². The van der Waals surface area contributed by atoms with Crippen LogP contribution in [0.4, 0.5) is 9.18 Å². The van der Waals surface area contributed by atoms with Gasteiger partial charge in [0.05, 0.1) is 5.54 Å². The summed E-state index contributed by atoms with van der Waals surface area (Å²) in [7, 11) is 1.78. The zero-order valence-electron chi connectivity index (χ0n) is 11.6. The molecule has 0 radical (unpaired) electrons. The first-order valence-electron chi connectivity index (χ1n) is 6.87. The average Bonchev–Trinajstić information content (AvgIpc) is 3.17. The Morgan fingerprint density at radius 2 is 2.11 bits per heavy atom. The zero-order valence-corrected chi connectivity index (χ0v) is 11.6. The van der Waals surface area contributed by atoms with Gasteiger partial charge in [-0.1, -0.05) is 31.5 Å². The molecule has 0 aromatic heterocycles. The Hall–Kier alpha value is -1.58. The van der Waals surface area contributed by atoms with Crippen LogP contribution in [0.25, 0.3) is 0 Å². The second-order valence-electron chi connectivity index (χ2n) is 5.27. The maximum atomic E-state index is 13.8. The van der Waals surface area contributed by atoms with E-state index in [-0.39, 0.29) is 11.8 Å². The molecule has 0 atom stereocenters. The topological polar surface area (TPSA) is 32.3 Å². The molecule has 3 nitrogen and oxygen atoms in total. The number of halogens is 1. The van der Waals surface area contributed by atoms with E-state index < -0.39 is 5.54 Å². The largest absolute Gasteiger partial charge is 0.328 e. The van der Waals surface area contributed by atoms with Crippen LogP contribution in [0.3, 0.4) is 0 Å². The third-order valence-electron chi connectivity index (χ3n) is 3.68. The van der Waals surface area contributed by atoms with E-state index in [9.17, 15) is 9.18 Å². The van der Waals surface area contributed by atoms with E-state index in [1.165, 1.54) is 6.07 Å². The number of carbonyl (C=O) groups is 1. The normalized spacial score (nSPS) is 15.9. The second kappa shape index (κ2) is 5.59. The van der Waals surface area contributed by atoms with Crippen molar-refractivity contribution < 1.29 is 9.18 Å². The van der Waals surface area contributed by atoms with Gasteiger partial charge in [-0.05, 0) is 25.3 Å². The van der Waals surface area contributed by atoms with Crippen LogP contribution in [0.5, 0.6) is 0 Å². The summed E-state index contributed by atoms with van der Waals surface area (Å²) in [5, 5.41) is 2.98. The summed E-state index contributed by atoms with van der Waals surface area (Å²) >= 11 is 0. The molecule has 1 aromatic rings. The standard InChI is InChI=1S/C15H21FN2O/c1-3-4-11-18(2)14(19)17-15(9-10-15)12-7-5-6-8-13(12)16/h5-8H,3-4,9-11H2,1-2H3,(H,17,19). The van der Waals surface area contributed by atoms with E-state index >= 15 is 0 Å². The number of hydrogen-bond donors (Lipinski definition) is 1. The highest BCUT2D eigenvalue weighted by molar-refractivity contribution is 5.75. The predicted octanol–water partition coefficient (Wildman–Crippen LogP) is 3.26. The van der Waals surface area contributed by atoms with E-state index in [2.05, 4.69) is 12.2 Å². The molecular formula is C15H21FN2O. The Labute approximate surface area is 113 Å². The summed E-state index contributed by atoms with van der Waals surface area (Å²) in [6, 6.07) is 6.57. The summed E-state index contributed by atoms with van der Waals surface area (Å²) in [5.41, 5.74) is 0.121. The lowest BCUT2D eigenvalue weighted by molar-refractivity contribution is 0.202. The third kappa shape index (κ3) is 3.06. The van der Waals surface area contributed by atoms with Crippen molar-refractivity contribution in [3.8, 4) is 0 Å². The average molecular weight is 264 g/mol. The van der Waals surface area contributed by atoms with E-state index in [0.29, 0.717) is 5.56 Å². The molecule has 1 aromatic carbocycles. The van der Waals surface area contributed by atoms with Crippen molar-refractivity contribution in [1.29, 1.82) is 0 Å². The van der Waals surface area contributed by atoms with E-state index in [1.807, 2.05) is 6.07 Å². The number of rotatable bonds is 5. The van der Waals surface area contributed by atoms with Crippen molar-refractivity contribution in [3.63, 3.8) is 0 Å². The van der Waals surface area contributed by atoms with E-state index in [1.54, 1.807) is 24.1 Å². The highest BCUT2D eigenvalue weighted by atomic mass is 19.1. The Kier molecular flexibility index (Phi) is 4.08. The summed E-state index contributed by atoms with van der Waals surface area (Å²) in [6.07, 6.45) is 3.65. The molecule has 0 bridgehead atoms. The number of carbonyl (C=O) groups excluding carboxylic acids is 1. The lowest BCUT2D eigenvalue weighted by Gasteiger charge is -2.24. The number of unbranched alkanes of at least 4 members (excludes halogenated alkanes) is 1. The zero-order chi connectivity index (χ0) is 13.9. The molecule has 1 saturated carbocycles. The molecule has 0 aliphatic heterocycles. The summed E-state index contributed by atoms with van der Waals surface area (Å²) in [6.45, 7) is 2.82. The van der Waals surface area contributed by atoms with E-state index in [4.69, 9.17) is 0 Å². The third-order valence-corrected chi connectivity index (χ3v) is 3.68. The molecule has 2 rings (SSSR count). The Bertz CT molecular complexity index is 457. The summed E-state index contributed by atoms with van der Waals surface area (Å²) < 4.78 is 13.8. The first kappa shape index (κ1) is 13.8. The molecule has 1 aliphatic carbocycles. The Morgan fingerprint density at radius 3 is 2.68 bits per heavy atom. The van der Waals surface area contributed by atoms with Crippen molar-refractivity contribution >= 4 is 6.03 Å². The Balaban J connectivity index is 2.03. The van der Waals surface area contributed by atoms with Gasteiger partial charge in [0.2, 0.25) is 0 Å². The number of nitrogens with one attached hydrogen (secondary N) is 1. The number of amides is 2. The fraction of sp³-hybridized carbons (Fsp3) is 0.533. The fourth-order valence-corrected chi connectivity index (χ4v) is 2.23. The molecule has 19 heavy (non-hydrogen) atoms. The van der Waals surface area contributed by atoms with Crippen molar-refractivity contribution in [2.75, 3.05) is 13.6 Å². The SMILES string of the molecule is CCCCN(C)C(=O)NC1(c2ccccc2F)CC1. The first-order valence-corrected chi connectivity index (χ1v) is 6.87. The number of benzene rings is 1. The van der Waals surface area contributed by atoms with Crippen molar-refractivity contribution in [3.05, 3.63) is 35.6 Å². The van der Waals surface area contributed by atoms with Crippen molar-refractivity contribution in [2.24, 2.45) is 0 Å². The van der Waals surface area contributed by atoms with Gasteiger partial charge in [-0.2, -0.15) is 0 Å². The molecule has 1 aliphatic rings.